The van der Waals surface area contributed by atoms with E-state index in [0.29, 0.717) is 11.3 Å². The van der Waals surface area contributed by atoms with Gasteiger partial charge in [-0.2, -0.15) is 0 Å². The Morgan fingerprint density at radius 2 is 2.36 bits per heavy atom. The van der Waals surface area contributed by atoms with Gasteiger partial charge in [0.15, 0.2) is 0 Å². The predicted molar refractivity (Wildman–Crippen MR) is 51.9 cm³/mol. The van der Waals surface area contributed by atoms with Crippen LogP contribution in [0.3, 0.4) is 0 Å². The van der Waals surface area contributed by atoms with Crippen molar-refractivity contribution in [3.8, 4) is 5.75 Å². The second-order valence-electron chi connectivity index (χ2n) is 3.58. The fourth-order valence-electron chi connectivity index (χ4n) is 1.70. The van der Waals surface area contributed by atoms with Gasteiger partial charge in [0.05, 0.1) is 12.3 Å². The standard InChI is InChI=1S/C10H14N2O2/c1-6-10(14)9(8-2-3-11-8)7(5-13)4-12-6/h4,8,11,13-14H,2-3,5H2,1H3/t8-/m0/s1. The van der Waals surface area contributed by atoms with E-state index in [9.17, 15) is 5.11 Å². The zero-order valence-corrected chi connectivity index (χ0v) is 8.12. The molecule has 0 spiro atoms. The largest absolute Gasteiger partial charge is 0.506 e. The highest BCUT2D eigenvalue weighted by molar-refractivity contribution is 5.43. The van der Waals surface area contributed by atoms with E-state index in [0.717, 1.165) is 18.5 Å². The first kappa shape index (κ1) is 9.43. The van der Waals surface area contributed by atoms with E-state index in [1.54, 1.807) is 13.1 Å². The minimum Gasteiger partial charge on any atom is -0.506 e. The maximum absolute atomic E-state index is 9.83. The van der Waals surface area contributed by atoms with Crippen LogP contribution in [0.5, 0.6) is 5.75 Å². The molecule has 0 aromatic carbocycles. The van der Waals surface area contributed by atoms with Gasteiger partial charge in [-0.25, -0.2) is 0 Å². The van der Waals surface area contributed by atoms with Gasteiger partial charge in [-0.3, -0.25) is 4.98 Å². The highest BCUT2D eigenvalue weighted by Gasteiger charge is 2.25. The van der Waals surface area contributed by atoms with E-state index in [4.69, 9.17) is 5.11 Å². The van der Waals surface area contributed by atoms with Crippen LogP contribution in [0.4, 0.5) is 0 Å². The first-order valence-electron chi connectivity index (χ1n) is 4.75. The van der Waals surface area contributed by atoms with Crippen molar-refractivity contribution in [1.82, 2.24) is 10.3 Å². The SMILES string of the molecule is Cc1ncc(CO)c([C@@H]2CCN2)c1O. The molecule has 0 amide bonds. The lowest BCUT2D eigenvalue weighted by atomic mass is 9.93. The smallest absolute Gasteiger partial charge is 0.141 e. The minimum absolute atomic E-state index is 0.0750. The van der Waals surface area contributed by atoms with Crippen molar-refractivity contribution in [2.45, 2.75) is 26.0 Å². The summed E-state index contributed by atoms with van der Waals surface area (Å²) in [4.78, 5) is 4.01. The summed E-state index contributed by atoms with van der Waals surface area (Å²) in [5, 5.41) is 22.2. The molecule has 1 fully saturated rings. The van der Waals surface area contributed by atoms with E-state index in [1.165, 1.54) is 0 Å². The third-order valence-electron chi connectivity index (χ3n) is 2.70. The molecule has 0 bridgehead atoms. The highest BCUT2D eigenvalue weighted by atomic mass is 16.3. The Morgan fingerprint density at radius 3 is 2.86 bits per heavy atom. The van der Waals surface area contributed by atoms with Crippen molar-refractivity contribution in [1.29, 1.82) is 0 Å². The number of hydrogen-bond donors (Lipinski definition) is 3. The van der Waals surface area contributed by atoms with Crippen LogP contribution in [-0.4, -0.2) is 21.7 Å². The molecule has 2 rings (SSSR count). The zero-order chi connectivity index (χ0) is 10.1. The van der Waals surface area contributed by atoms with Crippen LogP contribution in [0.15, 0.2) is 6.20 Å². The number of nitrogens with zero attached hydrogens (tertiary/aromatic N) is 1. The maximum atomic E-state index is 9.83. The molecule has 76 valence electrons. The summed E-state index contributed by atoms with van der Waals surface area (Å²) >= 11 is 0. The molecule has 4 nitrogen and oxygen atoms in total. The fourth-order valence-corrected chi connectivity index (χ4v) is 1.70. The van der Waals surface area contributed by atoms with Crippen molar-refractivity contribution < 1.29 is 10.2 Å². The lowest BCUT2D eigenvalue weighted by Crippen LogP contribution is -2.35. The highest BCUT2D eigenvalue weighted by Crippen LogP contribution is 2.34. The molecule has 3 N–H and O–H groups in total. The van der Waals surface area contributed by atoms with Crippen molar-refractivity contribution >= 4 is 0 Å². The number of hydrogen-bond acceptors (Lipinski definition) is 4. The van der Waals surface area contributed by atoms with E-state index in [-0.39, 0.29) is 18.4 Å². The summed E-state index contributed by atoms with van der Waals surface area (Å²) in [6.07, 6.45) is 2.63. The van der Waals surface area contributed by atoms with E-state index >= 15 is 0 Å². The third kappa shape index (κ3) is 1.36. The van der Waals surface area contributed by atoms with Gasteiger partial charge < -0.3 is 15.5 Å². The Hall–Kier alpha value is -1.13. The van der Waals surface area contributed by atoms with Crippen LogP contribution in [0.25, 0.3) is 0 Å². The molecule has 0 unspecified atom stereocenters. The van der Waals surface area contributed by atoms with Gasteiger partial charge in [-0.1, -0.05) is 0 Å². The molecule has 2 heterocycles. The molecule has 0 aliphatic carbocycles. The number of rotatable bonds is 2. The first-order valence-corrected chi connectivity index (χ1v) is 4.75. The van der Waals surface area contributed by atoms with Gasteiger partial charge in [-0.15, -0.1) is 0 Å². The normalized spacial score (nSPS) is 20.6. The quantitative estimate of drug-likeness (QED) is 0.645. The van der Waals surface area contributed by atoms with Crippen molar-refractivity contribution in [2.24, 2.45) is 0 Å². The molecule has 1 atom stereocenters. The second kappa shape index (κ2) is 3.55. The predicted octanol–water partition coefficient (Wildman–Crippen LogP) is 0.622. The number of aliphatic hydroxyl groups excluding tert-OH is 1. The number of aliphatic hydroxyl groups is 1. The Kier molecular flexibility index (Phi) is 2.39. The van der Waals surface area contributed by atoms with Gasteiger partial charge in [0.2, 0.25) is 0 Å². The molecule has 14 heavy (non-hydrogen) atoms. The number of aromatic nitrogens is 1. The minimum atomic E-state index is -0.0750. The van der Waals surface area contributed by atoms with E-state index in [2.05, 4.69) is 10.3 Å². The average Bonchev–Trinajstić information content (AvgIpc) is 2.10. The molecule has 1 aliphatic heterocycles. The summed E-state index contributed by atoms with van der Waals surface area (Å²) < 4.78 is 0. The van der Waals surface area contributed by atoms with E-state index < -0.39 is 0 Å². The molecular weight excluding hydrogens is 180 g/mol. The van der Waals surface area contributed by atoms with Crippen molar-refractivity contribution in [2.75, 3.05) is 6.54 Å². The summed E-state index contributed by atoms with van der Waals surface area (Å²) in [5.41, 5.74) is 2.14. The van der Waals surface area contributed by atoms with Crippen LogP contribution in [0, 0.1) is 6.92 Å². The molecule has 0 saturated carbocycles. The van der Waals surface area contributed by atoms with Gasteiger partial charge in [0.25, 0.3) is 0 Å². The topological polar surface area (TPSA) is 65.4 Å². The zero-order valence-electron chi connectivity index (χ0n) is 8.12. The number of nitrogens with one attached hydrogen (secondary N) is 1. The molecule has 0 radical (unpaired) electrons. The monoisotopic (exact) mass is 194 g/mol. The molecule has 1 aliphatic rings. The molecule has 4 heteroatoms. The Morgan fingerprint density at radius 1 is 1.64 bits per heavy atom. The van der Waals surface area contributed by atoms with Crippen LogP contribution < -0.4 is 5.32 Å². The molecule has 1 aromatic heterocycles. The Balaban J connectivity index is 2.46. The van der Waals surface area contributed by atoms with Crippen LogP contribution in [0.2, 0.25) is 0 Å². The van der Waals surface area contributed by atoms with Crippen LogP contribution in [-0.2, 0) is 6.61 Å². The first-order chi connectivity index (χ1) is 6.74. The van der Waals surface area contributed by atoms with Crippen molar-refractivity contribution in [3.05, 3.63) is 23.0 Å². The maximum Gasteiger partial charge on any atom is 0.141 e. The third-order valence-corrected chi connectivity index (χ3v) is 2.70. The van der Waals surface area contributed by atoms with Crippen LogP contribution >= 0.6 is 0 Å². The summed E-state index contributed by atoms with van der Waals surface area (Å²) in [5.74, 6) is 0.216. The van der Waals surface area contributed by atoms with Gasteiger partial charge in [-0.05, 0) is 19.9 Å². The summed E-state index contributed by atoms with van der Waals surface area (Å²) in [7, 11) is 0. The molecule has 1 saturated heterocycles. The lowest BCUT2D eigenvalue weighted by Gasteiger charge is -2.30. The number of aryl methyl sites for hydroxylation is 1. The number of aromatic hydroxyl groups is 1. The molecular formula is C10H14N2O2. The van der Waals surface area contributed by atoms with Gasteiger partial charge in [0, 0.05) is 23.4 Å². The Bertz CT molecular complexity index is 348. The van der Waals surface area contributed by atoms with Gasteiger partial charge in [0.1, 0.15) is 5.75 Å². The fraction of sp³-hybridized carbons (Fsp3) is 0.500. The van der Waals surface area contributed by atoms with E-state index in [1.807, 2.05) is 0 Å². The van der Waals surface area contributed by atoms with Crippen molar-refractivity contribution in [3.63, 3.8) is 0 Å². The summed E-state index contributed by atoms with van der Waals surface area (Å²) in [6, 6.07) is 0.179. The molecule has 1 aromatic rings. The summed E-state index contributed by atoms with van der Waals surface area (Å²) in [6.45, 7) is 2.66. The second-order valence-corrected chi connectivity index (χ2v) is 3.58. The average molecular weight is 194 g/mol. The van der Waals surface area contributed by atoms with Crippen LogP contribution in [0.1, 0.15) is 29.3 Å². The van der Waals surface area contributed by atoms with Gasteiger partial charge >= 0.3 is 0 Å². The number of pyridine rings is 1. The lowest BCUT2D eigenvalue weighted by molar-refractivity contribution is 0.272. The Labute approximate surface area is 82.6 Å².